The largest absolute Gasteiger partial charge is 0.497 e. The maximum absolute atomic E-state index is 9.77. The van der Waals surface area contributed by atoms with E-state index in [-0.39, 0.29) is 6.61 Å². The van der Waals surface area contributed by atoms with Crippen LogP contribution in [-0.4, -0.2) is 44.2 Å². The first-order chi connectivity index (χ1) is 10.2. The van der Waals surface area contributed by atoms with Crippen LogP contribution in [0, 0.1) is 0 Å². The second kappa shape index (κ2) is 8.22. The molecule has 0 aliphatic heterocycles. The molecule has 1 fully saturated rings. The number of aliphatic hydroxyl groups excluding tert-OH is 1. The average Bonchev–Trinajstić information content (AvgIpc) is 3.33. The van der Waals surface area contributed by atoms with Gasteiger partial charge in [0.05, 0.1) is 13.7 Å². The summed E-state index contributed by atoms with van der Waals surface area (Å²) in [5, 5.41) is 13.2. The van der Waals surface area contributed by atoms with Crippen LogP contribution in [0.2, 0.25) is 0 Å². The molecule has 1 aliphatic rings. The van der Waals surface area contributed by atoms with Gasteiger partial charge in [0.15, 0.2) is 0 Å². The van der Waals surface area contributed by atoms with E-state index in [0.717, 1.165) is 23.6 Å². The molecule has 1 atom stereocenters. The van der Waals surface area contributed by atoms with Crippen LogP contribution in [0.4, 0.5) is 0 Å². The Morgan fingerprint density at radius 2 is 2.14 bits per heavy atom. The molecule has 5 heteroatoms. The van der Waals surface area contributed by atoms with E-state index in [4.69, 9.17) is 14.2 Å². The molecule has 118 valence electrons. The molecule has 2 N–H and O–H groups in total. The highest BCUT2D eigenvalue weighted by molar-refractivity contribution is 5.40. The lowest BCUT2D eigenvalue weighted by Gasteiger charge is -2.16. The lowest BCUT2D eigenvalue weighted by atomic mass is 10.2. The van der Waals surface area contributed by atoms with Gasteiger partial charge in [-0.05, 0) is 38.0 Å². The van der Waals surface area contributed by atoms with Gasteiger partial charge in [0, 0.05) is 24.8 Å². The fraction of sp³-hybridized carbons (Fsp3) is 0.625. The summed E-state index contributed by atoms with van der Waals surface area (Å²) in [4.78, 5) is 0. The van der Waals surface area contributed by atoms with Crippen molar-refractivity contribution in [2.45, 2.75) is 38.5 Å². The molecule has 0 bridgehead atoms. The summed E-state index contributed by atoms with van der Waals surface area (Å²) in [6, 6.07) is 6.35. The van der Waals surface area contributed by atoms with E-state index in [1.807, 2.05) is 25.1 Å². The Bertz CT molecular complexity index is 434. The van der Waals surface area contributed by atoms with Crippen LogP contribution < -0.4 is 14.8 Å². The number of hydrogen-bond acceptors (Lipinski definition) is 5. The van der Waals surface area contributed by atoms with E-state index < -0.39 is 6.10 Å². The van der Waals surface area contributed by atoms with Gasteiger partial charge >= 0.3 is 0 Å². The SMILES string of the molecule is CCOCC(O)COc1ccc(OC)cc1CNC1CC1. The minimum Gasteiger partial charge on any atom is -0.497 e. The molecule has 0 saturated heterocycles. The zero-order valence-corrected chi connectivity index (χ0v) is 12.8. The highest BCUT2D eigenvalue weighted by Gasteiger charge is 2.21. The van der Waals surface area contributed by atoms with Gasteiger partial charge in [-0.3, -0.25) is 0 Å². The molecular weight excluding hydrogens is 270 g/mol. The van der Waals surface area contributed by atoms with Gasteiger partial charge in [0.25, 0.3) is 0 Å². The molecule has 2 rings (SSSR count). The minimum atomic E-state index is -0.615. The lowest BCUT2D eigenvalue weighted by Crippen LogP contribution is -2.24. The molecule has 1 aromatic carbocycles. The summed E-state index contributed by atoms with van der Waals surface area (Å²) in [6.45, 7) is 3.76. The number of nitrogens with one attached hydrogen (secondary N) is 1. The van der Waals surface area contributed by atoms with Crippen molar-refractivity contribution in [2.75, 3.05) is 26.9 Å². The molecule has 0 aromatic heterocycles. The summed E-state index contributed by atoms with van der Waals surface area (Å²) in [6.07, 6.45) is 1.87. The van der Waals surface area contributed by atoms with Crippen LogP contribution >= 0.6 is 0 Å². The molecule has 0 radical (unpaired) electrons. The fourth-order valence-electron chi connectivity index (χ4n) is 1.99. The Labute approximate surface area is 126 Å². The normalized spacial score (nSPS) is 15.8. The number of benzene rings is 1. The smallest absolute Gasteiger partial charge is 0.124 e. The predicted molar refractivity (Wildman–Crippen MR) is 80.9 cm³/mol. The van der Waals surface area contributed by atoms with Crippen molar-refractivity contribution < 1.29 is 19.3 Å². The maximum atomic E-state index is 9.77. The Morgan fingerprint density at radius 1 is 1.33 bits per heavy atom. The average molecular weight is 295 g/mol. The van der Waals surface area contributed by atoms with Gasteiger partial charge < -0.3 is 24.6 Å². The van der Waals surface area contributed by atoms with Crippen LogP contribution in [0.1, 0.15) is 25.3 Å². The maximum Gasteiger partial charge on any atom is 0.124 e. The van der Waals surface area contributed by atoms with Gasteiger partial charge in [-0.2, -0.15) is 0 Å². The minimum absolute atomic E-state index is 0.225. The van der Waals surface area contributed by atoms with Crippen molar-refractivity contribution in [2.24, 2.45) is 0 Å². The molecule has 1 saturated carbocycles. The van der Waals surface area contributed by atoms with E-state index in [2.05, 4.69) is 5.32 Å². The summed E-state index contributed by atoms with van der Waals surface area (Å²) in [7, 11) is 1.65. The van der Waals surface area contributed by atoms with E-state index in [1.165, 1.54) is 12.8 Å². The quantitative estimate of drug-likeness (QED) is 0.688. The summed E-state index contributed by atoms with van der Waals surface area (Å²) < 4.78 is 16.2. The van der Waals surface area contributed by atoms with E-state index in [9.17, 15) is 5.11 Å². The topological polar surface area (TPSA) is 60.0 Å². The van der Waals surface area contributed by atoms with Crippen LogP contribution in [0.5, 0.6) is 11.5 Å². The van der Waals surface area contributed by atoms with Crippen molar-refractivity contribution in [3.63, 3.8) is 0 Å². The number of hydrogen-bond donors (Lipinski definition) is 2. The van der Waals surface area contributed by atoms with Crippen LogP contribution in [0.3, 0.4) is 0 Å². The van der Waals surface area contributed by atoms with Crippen LogP contribution in [-0.2, 0) is 11.3 Å². The fourth-order valence-corrected chi connectivity index (χ4v) is 1.99. The summed E-state index contributed by atoms with van der Waals surface area (Å²) in [5.74, 6) is 1.59. The van der Waals surface area contributed by atoms with Crippen molar-refractivity contribution in [1.29, 1.82) is 0 Å². The van der Waals surface area contributed by atoms with Crippen LogP contribution in [0.15, 0.2) is 18.2 Å². The number of methoxy groups -OCH3 is 1. The summed E-state index contributed by atoms with van der Waals surface area (Å²) in [5.41, 5.74) is 1.05. The zero-order valence-electron chi connectivity index (χ0n) is 12.8. The Kier molecular flexibility index (Phi) is 6.29. The van der Waals surface area contributed by atoms with E-state index in [1.54, 1.807) is 7.11 Å². The third-order valence-electron chi connectivity index (χ3n) is 3.37. The first-order valence-electron chi connectivity index (χ1n) is 7.51. The Balaban J connectivity index is 1.92. The molecule has 1 unspecified atom stereocenters. The lowest BCUT2D eigenvalue weighted by molar-refractivity contribution is 0.0162. The van der Waals surface area contributed by atoms with Gasteiger partial charge in [-0.15, -0.1) is 0 Å². The first kappa shape index (κ1) is 16.1. The van der Waals surface area contributed by atoms with Gasteiger partial charge in [-0.1, -0.05) is 0 Å². The monoisotopic (exact) mass is 295 g/mol. The number of ether oxygens (including phenoxy) is 3. The van der Waals surface area contributed by atoms with Crippen molar-refractivity contribution in [3.05, 3.63) is 23.8 Å². The second-order valence-corrected chi connectivity index (χ2v) is 5.25. The van der Waals surface area contributed by atoms with Crippen molar-refractivity contribution >= 4 is 0 Å². The number of aliphatic hydroxyl groups is 1. The molecule has 1 aromatic rings. The Morgan fingerprint density at radius 3 is 2.81 bits per heavy atom. The third-order valence-corrected chi connectivity index (χ3v) is 3.37. The second-order valence-electron chi connectivity index (χ2n) is 5.25. The predicted octanol–water partition coefficient (Wildman–Crippen LogP) is 1.72. The zero-order chi connectivity index (χ0) is 15.1. The molecule has 1 aliphatic carbocycles. The Hall–Kier alpha value is -1.30. The van der Waals surface area contributed by atoms with Crippen LogP contribution in [0.25, 0.3) is 0 Å². The highest BCUT2D eigenvalue weighted by Crippen LogP contribution is 2.26. The number of rotatable bonds is 10. The summed E-state index contributed by atoms with van der Waals surface area (Å²) >= 11 is 0. The molecule has 0 heterocycles. The van der Waals surface area contributed by atoms with E-state index >= 15 is 0 Å². The molecular formula is C16H25NO4. The molecule has 0 amide bonds. The van der Waals surface area contributed by atoms with Crippen molar-refractivity contribution in [3.8, 4) is 11.5 Å². The van der Waals surface area contributed by atoms with Crippen molar-refractivity contribution in [1.82, 2.24) is 5.32 Å². The van der Waals surface area contributed by atoms with Gasteiger partial charge in [0.1, 0.15) is 24.2 Å². The molecule has 0 spiro atoms. The van der Waals surface area contributed by atoms with Gasteiger partial charge in [0.2, 0.25) is 0 Å². The van der Waals surface area contributed by atoms with Gasteiger partial charge in [-0.25, -0.2) is 0 Å². The third kappa shape index (κ3) is 5.53. The standard InChI is InChI=1S/C16H25NO4/c1-3-20-10-14(18)11-21-16-7-6-15(19-2)8-12(16)9-17-13-4-5-13/h6-8,13-14,17-18H,3-5,9-11H2,1-2H3. The van der Waals surface area contributed by atoms with E-state index in [0.29, 0.717) is 19.3 Å². The highest BCUT2D eigenvalue weighted by atomic mass is 16.5. The first-order valence-corrected chi connectivity index (χ1v) is 7.51. The molecule has 21 heavy (non-hydrogen) atoms. The molecule has 5 nitrogen and oxygen atoms in total.